The van der Waals surface area contributed by atoms with Crippen LogP contribution in [-0.4, -0.2) is 6.54 Å². The normalized spacial score (nSPS) is 26.5. The Morgan fingerprint density at radius 3 is 2.92 bits per heavy atom. The predicted molar refractivity (Wildman–Crippen MR) is 52.6 cm³/mol. The summed E-state index contributed by atoms with van der Waals surface area (Å²) in [5.74, 6) is 0. The monoisotopic (exact) mass is 161 g/mol. The second kappa shape index (κ2) is 2.51. The van der Waals surface area contributed by atoms with E-state index < -0.39 is 0 Å². The van der Waals surface area contributed by atoms with Crippen LogP contribution >= 0.6 is 0 Å². The Hall–Kier alpha value is -0.980. The molecule has 0 aliphatic carbocycles. The Kier molecular flexibility index (Phi) is 1.60. The lowest BCUT2D eigenvalue weighted by Gasteiger charge is -2.21. The van der Waals surface area contributed by atoms with E-state index in [1.807, 2.05) is 0 Å². The van der Waals surface area contributed by atoms with Crippen molar-refractivity contribution >= 4 is 5.69 Å². The molecular weight excluding hydrogens is 146 g/mol. The van der Waals surface area contributed by atoms with Gasteiger partial charge in [0.05, 0.1) is 0 Å². The van der Waals surface area contributed by atoms with Crippen LogP contribution in [0.25, 0.3) is 0 Å². The molecule has 0 aromatic heterocycles. The SMILES string of the molecule is CCC1(C)CNc2ccccc21. The highest BCUT2D eigenvalue weighted by Crippen LogP contribution is 2.38. The van der Waals surface area contributed by atoms with E-state index in [-0.39, 0.29) is 0 Å². The summed E-state index contributed by atoms with van der Waals surface area (Å²) in [5.41, 5.74) is 3.16. The van der Waals surface area contributed by atoms with Crippen molar-refractivity contribution in [3.63, 3.8) is 0 Å². The van der Waals surface area contributed by atoms with Gasteiger partial charge in [0, 0.05) is 17.6 Å². The van der Waals surface area contributed by atoms with Crippen molar-refractivity contribution in [3.8, 4) is 0 Å². The standard InChI is InChI=1S/C11H15N/c1-3-11(2)8-12-10-7-5-4-6-9(10)11/h4-7,12H,3,8H2,1-2H3. The van der Waals surface area contributed by atoms with Gasteiger partial charge in [0.1, 0.15) is 0 Å². The van der Waals surface area contributed by atoms with Gasteiger partial charge in [-0.1, -0.05) is 32.0 Å². The quantitative estimate of drug-likeness (QED) is 0.667. The molecule has 1 aliphatic rings. The third-order valence-corrected chi connectivity index (χ3v) is 3.03. The maximum absolute atomic E-state index is 3.44. The molecule has 0 saturated carbocycles. The first-order valence-corrected chi connectivity index (χ1v) is 4.60. The lowest BCUT2D eigenvalue weighted by molar-refractivity contribution is 0.504. The summed E-state index contributed by atoms with van der Waals surface area (Å²) in [4.78, 5) is 0. The third kappa shape index (κ3) is 0.927. The minimum Gasteiger partial charge on any atom is -0.384 e. The molecular formula is C11H15N. The lowest BCUT2D eigenvalue weighted by Crippen LogP contribution is -2.22. The summed E-state index contributed by atoms with van der Waals surface area (Å²) in [6, 6.07) is 8.61. The first-order chi connectivity index (χ1) is 5.76. The van der Waals surface area contributed by atoms with Crippen molar-refractivity contribution in [3.05, 3.63) is 29.8 Å². The number of nitrogens with one attached hydrogen (secondary N) is 1. The van der Waals surface area contributed by atoms with Gasteiger partial charge >= 0.3 is 0 Å². The van der Waals surface area contributed by atoms with E-state index >= 15 is 0 Å². The zero-order chi connectivity index (χ0) is 8.60. The van der Waals surface area contributed by atoms with E-state index in [0.717, 1.165) is 6.54 Å². The Morgan fingerprint density at radius 2 is 2.17 bits per heavy atom. The average molecular weight is 161 g/mol. The van der Waals surface area contributed by atoms with E-state index in [4.69, 9.17) is 0 Å². The fourth-order valence-corrected chi connectivity index (χ4v) is 1.86. The highest BCUT2D eigenvalue weighted by atomic mass is 14.9. The summed E-state index contributed by atoms with van der Waals surface area (Å²) in [7, 11) is 0. The first kappa shape index (κ1) is 7.66. The zero-order valence-electron chi connectivity index (χ0n) is 7.72. The molecule has 1 aromatic carbocycles. The number of para-hydroxylation sites is 1. The van der Waals surface area contributed by atoms with Crippen molar-refractivity contribution in [2.24, 2.45) is 0 Å². The van der Waals surface area contributed by atoms with Gasteiger partial charge in [-0.2, -0.15) is 0 Å². The van der Waals surface area contributed by atoms with Crippen LogP contribution < -0.4 is 5.32 Å². The molecule has 1 N–H and O–H groups in total. The largest absolute Gasteiger partial charge is 0.384 e. The summed E-state index contributed by atoms with van der Waals surface area (Å²) in [5, 5.41) is 3.44. The van der Waals surface area contributed by atoms with Gasteiger partial charge in [-0.05, 0) is 18.1 Å². The molecule has 0 bridgehead atoms. The fourth-order valence-electron chi connectivity index (χ4n) is 1.86. The number of fused-ring (bicyclic) bond motifs is 1. The van der Waals surface area contributed by atoms with Crippen molar-refractivity contribution in [1.82, 2.24) is 0 Å². The third-order valence-electron chi connectivity index (χ3n) is 3.03. The first-order valence-electron chi connectivity index (χ1n) is 4.60. The summed E-state index contributed by atoms with van der Waals surface area (Å²) in [6.07, 6.45) is 1.21. The fraction of sp³-hybridized carbons (Fsp3) is 0.455. The van der Waals surface area contributed by atoms with Gasteiger partial charge in [-0.15, -0.1) is 0 Å². The highest BCUT2D eigenvalue weighted by Gasteiger charge is 2.31. The van der Waals surface area contributed by atoms with E-state index in [9.17, 15) is 0 Å². The average Bonchev–Trinajstić information content (AvgIpc) is 2.46. The number of rotatable bonds is 1. The van der Waals surface area contributed by atoms with Crippen LogP contribution in [0.2, 0.25) is 0 Å². The van der Waals surface area contributed by atoms with E-state index in [1.54, 1.807) is 0 Å². The molecule has 0 spiro atoms. The number of benzene rings is 1. The van der Waals surface area contributed by atoms with E-state index in [1.165, 1.54) is 17.7 Å². The van der Waals surface area contributed by atoms with Crippen molar-refractivity contribution in [1.29, 1.82) is 0 Å². The molecule has 1 unspecified atom stereocenters. The molecule has 1 nitrogen and oxygen atoms in total. The molecule has 0 saturated heterocycles. The highest BCUT2D eigenvalue weighted by molar-refractivity contribution is 5.59. The number of anilines is 1. The van der Waals surface area contributed by atoms with E-state index in [2.05, 4.69) is 43.4 Å². The van der Waals surface area contributed by atoms with Crippen LogP contribution in [-0.2, 0) is 5.41 Å². The minimum absolute atomic E-state index is 0.358. The smallest absolute Gasteiger partial charge is 0.0379 e. The molecule has 1 heterocycles. The van der Waals surface area contributed by atoms with Crippen molar-refractivity contribution in [2.45, 2.75) is 25.7 Å². The van der Waals surface area contributed by atoms with Crippen LogP contribution in [0.1, 0.15) is 25.8 Å². The van der Waals surface area contributed by atoms with Crippen LogP contribution in [0.15, 0.2) is 24.3 Å². The Balaban J connectivity index is 2.49. The van der Waals surface area contributed by atoms with Crippen LogP contribution in [0.5, 0.6) is 0 Å². The zero-order valence-corrected chi connectivity index (χ0v) is 7.72. The van der Waals surface area contributed by atoms with Gasteiger partial charge in [-0.25, -0.2) is 0 Å². The molecule has 2 rings (SSSR count). The molecule has 1 aromatic rings. The Morgan fingerprint density at radius 1 is 1.42 bits per heavy atom. The minimum atomic E-state index is 0.358. The van der Waals surface area contributed by atoms with E-state index in [0.29, 0.717) is 5.41 Å². The maximum atomic E-state index is 3.44. The van der Waals surface area contributed by atoms with Gasteiger partial charge in [0.15, 0.2) is 0 Å². The van der Waals surface area contributed by atoms with Gasteiger partial charge in [0.2, 0.25) is 0 Å². The van der Waals surface area contributed by atoms with Crippen LogP contribution in [0, 0.1) is 0 Å². The van der Waals surface area contributed by atoms with Gasteiger partial charge in [0.25, 0.3) is 0 Å². The summed E-state index contributed by atoms with van der Waals surface area (Å²) < 4.78 is 0. The second-order valence-corrected chi connectivity index (χ2v) is 3.81. The topological polar surface area (TPSA) is 12.0 Å². The molecule has 0 fully saturated rings. The van der Waals surface area contributed by atoms with Crippen molar-refractivity contribution < 1.29 is 0 Å². The molecule has 1 heteroatoms. The van der Waals surface area contributed by atoms with Crippen molar-refractivity contribution in [2.75, 3.05) is 11.9 Å². The molecule has 64 valence electrons. The Labute approximate surface area is 73.8 Å². The molecule has 1 atom stereocenters. The Bertz CT molecular complexity index is 293. The molecule has 1 aliphatic heterocycles. The van der Waals surface area contributed by atoms with Crippen LogP contribution in [0.4, 0.5) is 5.69 Å². The number of hydrogen-bond acceptors (Lipinski definition) is 1. The van der Waals surface area contributed by atoms with Crippen LogP contribution in [0.3, 0.4) is 0 Å². The number of hydrogen-bond donors (Lipinski definition) is 1. The molecule has 12 heavy (non-hydrogen) atoms. The maximum Gasteiger partial charge on any atom is 0.0379 e. The summed E-state index contributed by atoms with van der Waals surface area (Å²) >= 11 is 0. The van der Waals surface area contributed by atoms with Gasteiger partial charge < -0.3 is 5.32 Å². The molecule has 0 radical (unpaired) electrons. The predicted octanol–water partition coefficient (Wildman–Crippen LogP) is 2.78. The second-order valence-electron chi connectivity index (χ2n) is 3.81. The van der Waals surface area contributed by atoms with Gasteiger partial charge in [-0.3, -0.25) is 0 Å². The lowest BCUT2D eigenvalue weighted by atomic mass is 9.82. The summed E-state index contributed by atoms with van der Waals surface area (Å²) in [6.45, 7) is 5.67. The molecule has 0 amide bonds.